The van der Waals surface area contributed by atoms with Crippen LogP contribution < -0.4 is 0 Å². The molecular formula is C16H20O3. The van der Waals surface area contributed by atoms with E-state index in [1.54, 1.807) is 0 Å². The van der Waals surface area contributed by atoms with Crippen molar-refractivity contribution in [2.75, 3.05) is 7.11 Å². The molecule has 1 aliphatic rings. The van der Waals surface area contributed by atoms with Crippen LogP contribution in [-0.2, 0) is 9.53 Å². The molecule has 1 saturated carbocycles. The van der Waals surface area contributed by atoms with Gasteiger partial charge in [0.2, 0.25) is 0 Å². The van der Waals surface area contributed by atoms with Gasteiger partial charge >= 0.3 is 5.97 Å². The lowest BCUT2D eigenvalue weighted by Gasteiger charge is -2.30. The summed E-state index contributed by atoms with van der Waals surface area (Å²) in [7, 11) is 1.39. The SMILES string of the molecule is COC(=O)c1ccc(C2CCCCC2CC=O)cc1. The molecular weight excluding hydrogens is 240 g/mol. The lowest BCUT2D eigenvalue weighted by Crippen LogP contribution is -2.18. The summed E-state index contributed by atoms with van der Waals surface area (Å²) < 4.78 is 4.70. The highest BCUT2D eigenvalue weighted by molar-refractivity contribution is 5.89. The van der Waals surface area contributed by atoms with E-state index in [0.717, 1.165) is 19.1 Å². The Labute approximate surface area is 114 Å². The number of carbonyl (C=O) groups is 2. The van der Waals surface area contributed by atoms with E-state index in [9.17, 15) is 9.59 Å². The minimum Gasteiger partial charge on any atom is -0.465 e. The predicted molar refractivity (Wildman–Crippen MR) is 73.2 cm³/mol. The molecule has 19 heavy (non-hydrogen) atoms. The molecule has 1 aromatic rings. The van der Waals surface area contributed by atoms with E-state index >= 15 is 0 Å². The van der Waals surface area contributed by atoms with Crippen molar-refractivity contribution in [3.8, 4) is 0 Å². The van der Waals surface area contributed by atoms with Crippen LogP contribution in [0.4, 0.5) is 0 Å². The fourth-order valence-electron chi connectivity index (χ4n) is 3.04. The first-order valence-corrected chi connectivity index (χ1v) is 6.88. The van der Waals surface area contributed by atoms with E-state index < -0.39 is 0 Å². The molecule has 102 valence electrons. The van der Waals surface area contributed by atoms with Gasteiger partial charge in [-0.1, -0.05) is 25.0 Å². The summed E-state index contributed by atoms with van der Waals surface area (Å²) >= 11 is 0. The van der Waals surface area contributed by atoms with Crippen molar-refractivity contribution in [3.05, 3.63) is 35.4 Å². The molecule has 1 fully saturated rings. The monoisotopic (exact) mass is 260 g/mol. The number of methoxy groups -OCH3 is 1. The zero-order valence-corrected chi connectivity index (χ0v) is 11.3. The summed E-state index contributed by atoms with van der Waals surface area (Å²) in [5.41, 5.74) is 1.81. The topological polar surface area (TPSA) is 43.4 Å². The zero-order chi connectivity index (χ0) is 13.7. The second-order valence-corrected chi connectivity index (χ2v) is 5.17. The third-order valence-corrected chi connectivity index (χ3v) is 4.07. The van der Waals surface area contributed by atoms with Crippen molar-refractivity contribution < 1.29 is 14.3 Å². The van der Waals surface area contributed by atoms with Crippen LogP contribution in [0.1, 0.15) is 53.9 Å². The van der Waals surface area contributed by atoms with Gasteiger partial charge in [0.15, 0.2) is 0 Å². The van der Waals surface area contributed by atoms with Crippen molar-refractivity contribution in [2.45, 2.75) is 38.0 Å². The molecule has 0 bridgehead atoms. The molecule has 0 spiro atoms. The first-order valence-electron chi connectivity index (χ1n) is 6.88. The molecule has 0 aromatic heterocycles. The number of esters is 1. The highest BCUT2D eigenvalue weighted by Gasteiger charge is 2.26. The quantitative estimate of drug-likeness (QED) is 0.616. The van der Waals surface area contributed by atoms with Crippen molar-refractivity contribution >= 4 is 12.3 Å². The second kappa shape index (κ2) is 6.50. The summed E-state index contributed by atoms with van der Waals surface area (Å²) in [5.74, 6) is 0.598. The van der Waals surface area contributed by atoms with Gasteiger partial charge in [-0.15, -0.1) is 0 Å². The molecule has 3 nitrogen and oxygen atoms in total. The van der Waals surface area contributed by atoms with E-state index in [-0.39, 0.29) is 5.97 Å². The number of rotatable bonds is 4. The molecule has 0 amide bonds. The molecule has 2 rings (SSSR count). The third-order valence-electron chi connectivity index (χ3n) is 4.07. The average molecular weight is 260 g/mol. The minimum atomic E-state index is -0.306. The number of ether oxygens (including phenoxy) is 1. The van der Waals surface area contributed by atoms with Gasteiger partial charge in [0.25, 0.3) is 0 Å². The fourth-order valence-corrected chi connectivity index (χ4v) is 3.04. The third kappa shape index (κ3) is 3.22. The Morgan fingerprint density at radius 2 is 1.95 bits per heavy atom. The number of aldehydes is 1. The maximum atomic E-state index is 11.4. The molecule has 0 heterocycles. The molecule has 0 N–H and O–H groups in total. The van der Waals surface area contributed by atoms with Crippen LogP contribution in [0.25, 0.3) is 0 Å². The van der Waals surface area contributed by atoms with Gasteiger partial charge in [0, 0.05) is 6.42 Å². The van der Waals surface area contributed by atoms with Crippen LogP contribution in [0.15, 0.2) is 24.3 Å². The standard InChI is InChI=1S/C16H20O3/c1-19-16(18)14-8-6-13(7-9-14)15-5-3-2-4-12(15)10-11-17/h6-9,11-12,15H,2-5,10H2,1H3. The van der Waals surface area contributed by atoms with Crippen LogP contribution in [0, 0.1) is 5.92 Å². The molecule has 3 heteroatoms. The highest BCUT2D eigenvalue weighted by Crippen LogP contribution is 2.39. The maximum absolute atomic E-state index is 11.4. The van der Waals surface area contributed by atoms with Crippen LogP contribution in [0.2, 0.25) is 0 Å². The fraction of sp³-hybridized carbons (Fsp3) is 0.500. The molecule has 2 atom stereocenters. The largest absolute Gasteiger partial charge is 0.465 e. The summed E-state index contributed by atoms with van der Waals surface area (Å²) in [6, 6.07) is 7.63. The van der Waals surface area contributed by atoms with E-state index in [1.165, 1.54) is 25.5 Å². The van der Waals surface area contributed by atoms with Gasteiger partial charge in [-0.25, -0.2) is 4.79 Å². The normalized spacial score (nSPS) is 22.8. The molecule has 0 radical (unpaired) electrons. The Hall–Kier alpha value is -1.64. The number of hydrogen-bond acceptors (Lipinski definition) is 3. The maximum Gasteiger partial charge on any atom is 0.337 e. The van der Waals surface area contributed by atoms with Crippen molar-refractivity contribution in [2.24, 2.45) is 5.92 Å². The highest BCUT2D eigenvalue weighted by atomic mass is 16.5. The van der Waals surface area contributed by atoms with Gasteiger partial charge in [-0.05, 0) is 42.4 Å². The zero-order valence-electron chi connectivity index (χ0n) is 11.3. The Kier molecular flexibility index (Phi) is 4.72. The summed E-state index contributed by atoms with van der Waals surface area (Å²) in [6.45, 7) is 0. The van der Waals surface area contributed by atoms with Crippen LogP contribution in [0.5, 0.6) is 0 Å². The summed E-state index contributed by atoms with van der Waals surface area (Å²) in [6.07, 6.45) is 6.38. The van der Waals surface area contributed by atoms with Gasteiger partial charge in [-0.3, -0.25) is 0 Å². The van der Waals surface area contributed by atoms with Crippen molar-refractivity contribution in [1.29, 1.82) is 0 Å². The lowest BCUT2D eigenvalue weighted by atomic mass is 9.74. The predicted octanol–water partition coefficient (Wildman–Crippen LogP) is 3.34. The Balaban J connectivity index is 2.15. The number of hydrogen-bond donors (Lipinski definition) is 0. The van der Waals surface area contributed by atoms with Gasteiger partial charge in [0.05, 0.1) is 12.7 Å². The average Bonchev–Trinajstić information content (AvgIpc) is 2.47. The van der Waals surface area contributed by atoms with Crippen LogP contribution >= 0.6 is 0 Å². The van der Waals surface area contributed by atoms with Gasteiger partial charge in [0.1, 0.15) is 6.29 Å². The Bertz CT molecular complexity index is 436. The van der Waals surface area contributed by atoms with Gasteiger partial charge < -0.3 is 9.53 Å². The van der Waals surface area contributed by atoms with E-state index in [2.05, 4.69) is 0 Å². The summed E-state index contributed by atoms with van der Waals surface area (Å²) in [5, 5.41) is 0. The molecule has 0 aliphatic heterocycles. The van der Waals surface area contributed by atoms with E-state index in [1.807, 2.05) is 24.3 Å². The lowest BCUT2D eigenvalue weighted by molar-refractivity contribution is -0.109. The van der Waals surface area contributed by atoms with Gasteiger partial charge in [-0.2, -0.15) is 0 Å². The Morgan fingerprint density at radius 3 is 2.58 bits per heavy atom. The smallest absolute Gasteiger partial charge is 0.337 e. The summed E-state index contributed by atoms with van der Waals surface area (Å²) in [4.78, 5) is 22.2. The molecule has 2 unspecified atom stereocenters. The van der Waals surface area contributed by atoms with Crippen molar-refractivity contribution in [1.82, 2.24) is 0 Å². The molecule has 1 aromatic carbocycles. The molecule has 1 aliphatic carbocycles. The minimum absolute atomic E-state index is 0.306. The number of carbonyl (C=O) groups excluding carboxylic acids is 2. The van der Waals surface area contributed by atoms with Crippen LogP contribution in [-0.4, -0.2) is 19.4 Å². The van der Waals surface area contributed by atoms with Crippen molar-refractivity contribution in [3.63, 3.8) is 0 Å². The van der Waals surface area contributed by atoms with E-state index in [4.69, 9.17) is 4.74 Å². The Morgan fingerprint density at radius 1 is 1.26 bits per heavy atom. The first kappa shape index (κ1) is 13.8. The van der Waals surface area contributed by atoms with Crippen LogP contribution in [0.3, 0.4) is 0 Å². The first-order chi connectivity index (χ1) is 9.26. The van der Waals surface area contributed by atoms with E-state index in [0.29, 0.717) is 23.8 Å². The molecule has 0 saturated heterocycles. The second-order valence-electron chi connectivity index (χ2n) is 5.17. The number of benzene rings is 1.